The van der Waals surface area contributed by atoms with Gasteiger partial charge in [0, 0.05) is 12.4 Å². The maximum Gasteiger partial charge on any atom is 0.277 e. The van der Waals surface area contributed by atoms with Crippen molar-refractivity contribution in [3.63, 3.8) is 0 Å². The first kappa shape index (κ1) is 11.1. The second-order valence-corrected chi connectivity index (χ2v) is 3.47. The summed E-state index contributed by atoms with van der Waals surface area (Å²) in [7, 11) is 0. The van der Waals surface area contributed by atoms with Gasteiger partial charge < -0.3 is 11.1 Å². The van der Waals surface area contributed by atoms with Gasteiger partial charge in [-0.15, -0.1) is 0 Å². The zero-order valence-corrected chi connectivity index (χ0v) is 9.12. The minimum atomic E-state index is -0.423. The molecule has 7 nitrogen and oxygen atoms in total. The highest BCUT2D eigenvalue weighted by Crippen LogP contribution is 2.12. The van der Waals surface area contributed by atoms with Crippen LogP contribution in [-0.4, -0.2) is 21.2 Å². The molecular formula is C10H11N5O2. The Labute approximate surface area is 97.0 Å². The average Bonchev–Trinajstić information content (AvgIpc) is 2.76. The van der Waals surface area contributed by atoms with Crippen LogP contribution in [0.15, 0.2) is 29.2 Å². The number of hydrogen-bond donors (Lipinski definition) is 2. The summed E-state index contributed by atoms with van der Waals surface area (Å²) >= 11 is 0. The van der Waals surface area contributed by atoms with E-state index in [-0.39, 0.29) is 17.6 Å². The molecule has 3 N–H and O–H groups in total. The van der Waals surface area contributed by atoms with Gasteiger partial charge in [-0.3, -0.25) is 9.78 Å². The third-order valence-corrected chi connectivity index (χ3v) is 2.28. The summed E-state index contributed by atoms with van der Waals surface area (Å²) in [6, 6.07) is 3.45. The standard InChI is InChI=1S/C10H11N5O2/c1-6(7-2-4-12-5-3-7)13-10(16)8-9(11)15-17-14-8/h2-6H,1H3,(H2,11,15)(H,13,16)/t6-/m1/s1. The summed E-state index contributed by atoms with van der Waals surface area (Å²) in [5.74, 6) is -0.447. The Balaban J connectivity index is 2.08. The van der Waals surface area contributed by atoms with Gasteiger partial charge in [0.05, 0.1) is 6.04 Å². The van der Waals surface area contributed by atoms with E-state index < -0.39 is 5.91 Å². The summed E-state index contributed by atoms with van der Waals surface area (Å²) in [4.78, 5) is 15.6. The van der Waals surface area contributed by atoms with Crippen LogP contribution < -0.4 is 11.1 Å². The fourth-order valence-electron chi connectivity index (χ4n) is 1.35. The first-order valence-electron chi connectivity index (χ1n) is 4.97. The van der Waals surface area contributed by atoms with Crippen LogP contribution in [0.2, 0.25) is 0 Å². The Morgan fingerprint density at radius 3 is 2.71 bits per heavy atom. The fraction of sp³-hybridized carbons (Fsp3) is 0.200. The molecular weight excluding hydrogens is 222 g/mol. The summed E-state index contributed by atoms with van der Waals surface area (Å²) < 4.78 is 4.36. The number of nitrogens with zero attached hydrogens (tertiary/aromatic N) is 3. The quantitative estimate of drug-likeness (QED) is 0.801. The normalized spacial score (nSPS) is 12.1. The van der Waals surface area contributed by atoms with Gasteiger partial charge in [-0.2, -0.15) is 0 Å². The molecule has 0 aliphatic heterocycles. The minimum Gasteiger partial charge on any atom is -0.379 e. The van der Waals surface area contributed by atoms with Gasteiger partial charge in [0.15, 0.2) is 0 Å². The predicted octanol–water partition coefficient (Wildman–Crippen LogP) is 0.538. The molecule has 0 aliphatic rings. The Morgan fingerprint density at radius 2 is 2.12 bits per heavy atom. The van der Waals surface area contributed by atoms with E-state index in [1.54, 1.807) is 12.4 Å². The molecule has 2 aromatic heterocycles. The Morgan fingerprint density at radius 1 is 1.41 bits per heavy atom. The third kappa shape index (κ3) is 2.39. The van der Waals surface area contributed by atoms with Crippen LogP contribution in [0.5, 0.6) is 0 Å². The largest absolute Gasteiger partial charge is 0.379 e. The molecule has 7 heteroatoms. The topological polar surface area (TPSA) is 107 Å². The predicted molar refractivity (Wildman–Crippen MR) is 58.8 cm³/mol. The van der Waals surface area contributed by atoms with Gasteiger partial charge in [0.25, 0.3) is 5.91 Å². The van der Waals surface area contributed by atoms with Crippen LogP contribution in [0.25, 0.3) is 0 Å². The fourth-order valence-corrected chi connectivity index (χ4v) is 1.35. The monoisotopic (exact) mass is 233 g/mol. The van der Waals surface area contributed by atoms with Crippen molar-refractivity contribution in [3.05, 3.63) is 35.8 Å². The smallest absolute Gasteiger partial charge is 0.277 e. The molecule has 0 aromatic carbocycles. The molecule has 1 amide bonds. The molecule has 0 aliphatic carbocycles. The first-order chi connectivity index (χ1) is 8.18. The molecule has 1 atom stereocenters. The van der Waals surface area contributed by atoms with Crippen LogP contribution in [-0.2, 0) is 0 Å². The van der Waals surface area contributed by atoms with Crippen LogP contribution in [0.3, 0.4) is 0 Å². The van der Waals surface area contributed by atoms with Crippen molar-refractivity contribution >= 4 is 11.7 Å². The van der Waals surface area contributed by atoms with E-state index in [2.05, 4.69) is 25.2 Å². The van der Waals surface area contributed by atoms with Crippen molar-refractivity contribution in [2.75, 3.05) is 5.73 Å². The second-order valence-electron chi connectivity index (χ2n) is 3.47. The van der Waals surface area contributed by atoms with Gasteiger partial charge in [-0.05, 0) is 34.9 Å². The molecule has 0 saturated heterocycles. The Bertz CT molecular complexity index is 510. The zero-order chi connectivity index (χ0) is 12.3. The number of pyridine rings is 1. The minimum absolute atomic E-state index is 0.00842. The number of rotatable bonds is 3. The number of nitrogens with two attached hydrogens (primary N) is 1. The molecule has 88 valence electrons. The number of carbonyl (C=O) groups is 1. The van der Waals surface area contributed by atoms with Crippen molar-refractivity contribution in [3.8, 4) is 0 Å². The molecule has 2 heterocycles. The summed E-state index contributed by atoms with van der Waals surface area (Å²) in [5, 5.41) is 9.50. The lowest BCUT2D eigenvalue weighted by atomic mass is 10.1. The van der Waals surface area contributed by atoms with E-state index >= 15 is 0 Å². The van der Waals surface area contributed by atoms with Crippen LogP contribution in [0.1, 0.15) is 29.0 Å². The molecule has 0 fully saturated rings. The number of amides is 1. The molecule has 2 rings (SSSR count). The number of nitrogens with one attached hydrogen (secondary N) is 1. The molecule has 0 unspecified atom stereocenters. The highest BCUT2D eigenvalue weighted by atomic mass is 16.6. The van der Waals surface area contributed by atoms with E-state index in [1.807, 2.05) is 19.1 Å². The van der Waals surface area contributed by atoms with Gasteiger partial charge >= 0.3 is 0 Å². The molecule has 0 spiro atoms. The summed E-state index contributed by atoms with van der Waals surface area (Å²) in [5.41, 5.74) is 6.34. The van der Waals surface area contributed by atoms with Crippen LogP contribution in [0, 0.1) is 0 Å². The average molecular weight is 233 g/mol. The second kappa shape index (κ2) is 4.60. The highest BCUT2D eigenvalue weighted by molar-refractivity contribution is 5.96. The van der Waals surface area contributed by atoms with E-state index in [0.29, 0.717) is 0 Å². The van der Waals surface area contributed by atoms with E-state index in [9.17, 15) is 4.79 Å². The Hall–Kier alpha value is -2.44. The first-order valence-corrected chi connectivity index (χ1v) is 4.97. The number of anilines is 1. The molecule has 17 heavy (non-hydrogen) atoms. The maximum atomic E-state index is 11.7. The van der Waals surface area contributed by atoms with Crippen molar-refractivity contribution in [1.82, 2.24) is 20.6 Å². The number of carbonyl (C=O) groups excluding carboxylic acids is 1. The lowest BCUT2D eigenvalue weighted by Gasteiger charge is -2.12. The lowest BCUT2D eigenvalue weighted by Crippen LogP contribution is -2.27. The van der Waals surface area contributed by atoms with Crippen LogP contribution in [0.4, 0.5) is 5.82 Å². The molecule has 0 saturated carbocycles. The summed E-state index contributed by atoms with van der Waals surface area (Å²) in [6.45, 7) is 1.84. The highest BCUT2D eigenvalue weighted by Gasteiger charge is 2.18. The van der Waals surface area contributed by atoms with Gasteiger partial charge in [-0.25, -0.2) is 4.63 Å². The van der Waals surface area contributed by atoms with Crippen molar-refractivity contribution in [2.24, 2.45) is 0 Å². The summed E-state index contributed by atoms with van der Waals surface area (Å²) in [6.07, 6.45) is 3.31. The van der Waals surface area contributed by atoms with Crippen molar-refractivity contribution in [1.29, 1.82) is 0 Å². The number of nitrogen functional groups attached to an aromatic ring is 1. The SMILES string of the molecule is C[C@@H](NC(=O)c1nonc1N)c1ccncc1. The van der Waals surface area contributed by atoms with Crippen molar-refractivity contribution in [2.45, 2.75) is 13.0 Å². The van der Waals surface area contributed by atoms with Crippen LogP contribution >= 0.6 is 0 Å². The Kier molecular flexibility index (Phi) is 2.99. The van der Waals surface area contributed by atoms with E-state index in [0.717, 1.165) is 5.56 Å². The number of hydrogen-bond acceptors (Lipinski definition) is 6. The molecule has 2 aromatic rings. The zero-order valence-electron chi connectivity index (χ0n) is 9.12. The van der Waals surface area contributed by atoms with Gasteiger partial charge in [0.1, 0.15) is 0 Å². The van der Waals surface area contributed by atoms with Gasteiger partial charge in [0.2, 0.25) is 11.5 Å². The molecule has 0 radical (unpaired) electrons. The lowest BCUT2D eigenvalue weighted by molar-refractivity contribution is 0.0930. The third-order valence-electron chi connectivity index (χ3n) is 2.28. The van der Waals surface area contributed by atoms with Gasteiger partial charge in [-0.1, -0.05) is 0 Å². The molecule has 0 bridgehead atoms. The van der Waals surface area contributed by atoms with E-state index in [4.69, 9.17) is 5.73 Å². The maximum absolute atomic E-state index is 11.7. The van der Waals surface area contributed by atoms with Crippen molar-refractivity contribution < 1.29 is 9.42 Å². The van der Waals surface area contributed by atoms with E-state index in [1.165, 1.54) is 0 Å². The number of aromatic nitrogens is 3.